The fourth-order valence-corrected chi connectivity index (χ4v) is 4.66. The maximum atomic E-state index is 5.96. The predicted octanol–water partition coefficient (Wildman–Crippen LogP) is 2.44. The Balaban J connectivity index is 1.59. The minimum atomic E-state index is -0.0991. The summed E-state index contributed by atoms with van der Waals surface area (Å²) in [6.45, 7) is 0. The summed E-state index contributed by atoms with van der Waals surface area (Å²) < 4.78 is 8.71. The van der Waals surface area contributed by atoms with Gasteiger partial charge in [0.25, 0.3) is 0 Å². The van der Waals surface area contributed by atoms with E-state index in [4.69, 9.17) is 4.74 Å². The van der Waals surface area contributed by atoms with Gasteiger partial charge in [-0.05, 0) is 0 Å². The molecule has 0 bridgehead atoms. The van der Waals surface area contributed by atoms with Crippen molar-refractivity contribution in [1.82, 2.24) is 0 Å². The number of hydrogen-bond acceptors (Lipinski definition) is 1. The number of benzene rings is 2. The molecule has 1 atom stereocenters. The van der Waals surface area contributed by atoms with Crippen molar-refractivity contribution in [2.75, 3.05) is 0 Å². The molecule has 0 spiro atoms. The summed E-state index contributed by atoms with van der Waals surface area (Å²) in [6.07, 6.45) is 1.50. The van der Waals surface area contributed by atoms with Crippen LogP contribution in [0.25, 0.3) is 0 Å². The van der Waals surface area contributed by atoms with Crippen LogP contribution in [0.2, 0.25) is 4.47 Å². The normalized spacial score (nSPS) is 17.5. The number of hydrogen-bond donors (Lipinski definition) is 0. The standard InChI is InChI=1S/C15H14OTe/c1-2-7-14(8-3-1)17-11-13-10-12-6-4-5-9-15(12)16-13/h1-9,13H,10-11H2. The van der Waals surface area contributed by atoms with Gasteiger partial charge >= 0.3 is 112 Å². The topological polar surface area (TPSA) is 9.23 Å². The summed E-state index contributed by atoms with van der Waals surface area (Å²) in [6, 6.07) is 19.2. The molecular formula is C15H14OTe. The molecule has 0 radical (unpaired) electrons. The van der Waals surface area contributed by atoms with Gasteiger partial charge < -0.3 is 0 Å². The summed E-state index contributed by atoms with van der Waals surface area (Å²) in [5, 5.41) is 0. The molecule has 0 fully saturated rings. The van der Waals surface area contributed by atoms with Gasteiger partial charge in [0, 0.05) is 0 Å². The third-order valence-electron chi connectivity index (χ3n) is 2.89. The summed E-state index contributed by atoms with van der Waals surface area (Å²) in [4.78, 5) is 0. The van der Waals surface area contributed by atoms with Crippen LogP contribution >= 0.6 is 0 Å². The fraction of sp³-hybridized carbons (Fsp3) is 0.200. The number of rotatable bonds is 3. The van der Waals surface area contributed by atoms with Crippen LogP contribution in [0.3, 0.4) is 0 Å². The van der Waals surface area contributed by atoms with E-state index in [1.165, 1.54) is 13.6 Å². The summed E-state index contributed by atoms with van der Waals surface area (Å²) >= 11 is -0.0991. The summed E-state index contributed by atoms with van der Waals surface area (Å²) in [7, 11) is 0. The summed E-state index contributed by atoms with van der Waals surface area (Å²) in [5.74, 6) is 1.10. The quantitative estimate of drug-likeness (QED) is 0.782. The predicted molar refractivity (Wildman–Crippen MR) is 71.2 cm³/mol. The second-order valence-corrected chi connectivity index (χ2v) is 7.30. The molecule has 0 saturated carbocycles. The Labute approximate surface area is 112 Å². The van der Waals surface area contributed by atoms with Crippen LogP contribution in [-0.4, -0.2) is 27.0 Å². The maximum absolute atomic E-state index is 5.96. The Morgan fingerprint density at radius 1 is 1.00 bits per heavy atom. The molecular weight excluding hydrogens is 324 g/mol. The third-order valence-corrected chi connectivity index (χ3v) is 6.16. The first-order valence-corrected chi connectivity index (χ1v) is 8.65. The molecule has 0 aliphatic carbocycles. The zero-order valence-corrected chi connectivity index (χ0v) is 11.8. The zero-order valence-electron chi connectivity index (χ0n) is 9.50. The van der Waals surface area contributed by atoms with E-state index in [0.29, 0.717) is 6.10 Å². The van der Waals surface area contributed by atoms with E-state index in [9.17, 15) is 0 Å². The molecule has 1 unspecified atom stereocenters. The zero-order chi connectivity index (χ0) is 11.5. The van der Waals surface area contributed by atoms with Gasteiger partial charge in [-0.1, -0.05) is 0 Å². The van der Waals surface area contributed by atoms with Crippen LogP contribution in [0.1, 0.15) is 5.56 Å². The molecule has 2 aromatic carbocycles. The van der Waals surface area contributed by atoms with Crippen molar-refractivity contribution >= 4 is 24.5 Å². The Bertz CT molecular complexity index is 470. The van der Waals surface area contributed by atoms with Crippen molar-refractivity contribution in [3.8, 4) is 5.75 Å². The van der Waals surface area contributed by atoms with Crippen molar-refractivity contribution in [1.29, 1.82) is 0 Å². The average Bonchev–Trinajstić information content (AvgIpc) is 2.80. The van der Waals surface area contributed by atoms with E-state index in [1.54, 1.807) is 0 Å². The van der Waals surface area contributed by atoms with E-state index in [-0.39, 0.29) is 20.9 Å². The monoisotopic (exact) mass is 340 g/mol. The minimum absolute atomic E-state index is 0.0991. The SMILES string of the molecule is c1ccc([Te]CC2Cc3ccccc3O2)cc1. The van der Waals surface area contributed by atoms with E-state index in [2.05, 4.69) is 54.6 Å². The first kappa shape index (κ1) is 11.1. The molecule has 0 aromatic heterocycles. The first-order valence-electron chi connectivity index (χ1n) is 5.84. The van der Waals surface area contributed by atoms with E-state index in [1.807, 2.05) is 0 Å². The summed E-state index contributed by atoms with van der Waals surface area (Å²) in [5.41, 5.74) is 1.37. The number of fused-ring (bicyclic) bond motifs is 1. The second kappa shape index (κ2) is 5.12. The van der Waals surface area contributed by atoms with Gasteiger partial charge in [-0.15, -0.1) is 0 Å². The van der Waals surface area contributed by atoms with Gasteiger partial charge in [0.2, 0.25) is 0 Å². The van der Waals surface area contributed by atoms with Crippen LogP contribution in [0, 0.1) is 0 Å². The Hall–Kier alpha value is -0.970. The molecule has 3 rings (SSSR count). The van der Waals surface area contributed by atoms with Crippen molar-refractivity contribution in [3.05, 3.63) is 60.2 Å². The average molecular weight is 338 g/mol. The Kier molecular flexibility index (Phi) is 3.36. The molecule has 0 N–H and O–H groups in total. The van der Waals surface area contributed by atoms with Crippen LogP contribution in [0.4, 0.5) is 0 Å². The van der Waals surface area contributed by atoms with Gasteiger partial charge in [-0.2, -0.15) is 0 Å². The first-order chi connectivity index (χ1) is 8.42. The van der Waals surface area contributed by atoms with Crippen LogP contribution in [0.15, 0.2) is 54.6 Å². The molecule has 0 amide bonds. The van der Waals surface area contributed by atoms with Gasteiger partial charge in [-0.25, -0.2) is 0 Å². The Morgan fingerprint density at radius 3 is 2.59 bits per heavy atom. The van der Waals surface area contributed by atoms with E-state index in [0.717, 1.165) is 12.2 Å². The molecule has 2 aromatic rings. The van der Waals surface area contributed by atoms with Crippen molar-refractivity contribution in [2.45, 2.75) is 17.0 Å². The van der Waals surface area contributed by atoms with Crippen molar-refractivity contribution in [2.24, 2.45) is 0 Å². The molecule has 0 saturated heterocycles. The molecule has 1 aliphatic rings. The molecule has 1 nitrogen and oxygen atoms in total. The number of para-hydroxylation sites is 1. The van der Waals surface area contributed by atoms with Gasteiger partial charge in [0.05, 0.1) is 0 Å². The van der Waals surface area contributed by atoms with Gasteiger partial charge in [0.1, 0.15) is 0 Å². The second-order valence-electron chi connectivity index (χ2n) is 4.18. The van der Waals surface area contributed by atoms with E-state index < -0.39 is 0 Å². The van der Waals surface area contributed by atoms with Crippen molar-refractivity contribution < 1.29 is 4.74 Å². The number of ether oxygens (including phenoxy) is 1. The van der Waals surface area contributed by atoms with Gasteiger partial charge in [-0.3, -0.25) is 0 Å². The molecule has 1 heterocycles. The molecule has 2 heteroatoms. The Morgan fingerprint density at radius 2 is 1.76 bits per heavy atom. The fourth-order valence-electron chi connectivity index (χ4n) is 2.05. The molecule has 86 valence electrons. The molecule has 17 heavy (non-hydrogen) atoms. The van der Waals surface area contributed by atoms with E-state index >= 15 is 0 Å². The van der Waals surface area contributed by atoms with Crippen LogP contribution < -0.4 is 8.35 Å². The van der Waals surface area contributed by atoms with Gasteiger partial charge in [0.15, 0.2) is 0 Å². The van der Waals surface area contributed by atoms with Crippen molar-refractivity contribution in [3.63, 3.8) is 0 Å². The third kappa shape index (κ3) is 2.65. The van der Waals surface area contributed by atoms with Crippen LogP contribution in [0.5, 0.6) is 5.75 Å². The molecule has 1 aliphatic heterocycles. The van der Waals surface area contributed by atoms with Crippen LogP contribution in [-0.2, 0) is 6.42 Å².